The first-order valence-electron chi connectivity index (χ1n) is 5.94. The SMILES string of the molecule is OC(COc1ccc(Cl)cc1)Cc1cccc(F)c1. The van der Waals surface area contributed by atoms with E-state index in [9.17, 15) is 9.50 Å². The van der Waals surface area contributed by atoms with Crippen molar-refractivity contribution in [3.8, 4) is 5.75 Å². The first kappa shape index (κ1) is 13.8. The van der Waals surface area contributed by atoms with E-state index in [4.69, 9.17) is 16.3 Å². The molecule has 0 radical (unpaired) electrons. The Morgan fingerprint density at radius 3 is 2.58 bits per heavy atom. The molecule has 0 aromatic heterocycles. The van der Waals surface area contributed by atoms with Crippen molar-refractivity contribution in [1.82, 2.24) is 0 Å². The Kier molecular flexibility index (Phi) is 4.77. The lowest BCUT2D eigenvalue weighted by Gasteiger charge is -2.12. The lowest BCUT2D eigenvalue weighted by Crippen LogP contribution is -2.20. The van der Waals surface area contributed by atoms with Crippen LogP contribution < -0.4 is 4.74 Å². The number of ether oxygens (including phenoxy) is 1. The summed E-state index contributed by atoms with van der Waals surface area (Å²) in [5.41, 5.74) is 0.743. The van der Waals surface area contributed by atoms with Crippen molar-refractivity contribution < 1.29 is 14.2 Å². The Labute approximate surface area is 116 Å². The smallest absolute Gasteiger partial charge is 0.123 e. The van der Waals surface area contributed by atoms with E-state index in [1.54, 1.807) is 36.4 Å². The minimum absolute atomic E-state index is 0.151. The molecule has 4 heteroatoms. The molecule has 0 spiro atoms. The minimum atomic E-state index is -0.683. The standard InChI is InChI=1S/C15H14ClFO2/c16-12-4-6-15(7-5-12)19-10-14(18)9-11-2-1-3-13(17)8-11/h1-8,14,18H,9-10H2. The first-order valence-corrected chi connectivity index (χ1v) is 6.32. The maximum Gasteiger partial charge on any atom is 0.123 e. The third-order valence-electron chi connectivity index (χ3n) is 2.62. The molecule has 2 nitrogen and oxygen atoms in total. The highest BCUT2D eigenvalue weighted by Crippen LogP contribution is 2.16. The van der Waals surface area contributed by atoms with Crippen LogP contribution in [0.1, 0.15) is 5.56 Å². The van der Waals surface area contributed by atoms with E-state index in [1.165, 1.54) is 12.1 Å². The van der Waals surface area contributed by atoms with Gasteiger partial charge in [-0.25, -0.2) is 4.39 Å². The Balaban J connectivity index is 1.84. The van der Waals surface area contributed by atoms with Crippen molar-refractivity contribution in [3.05, 3.63) is 64.9 Å². The Morgan fingerprint density at radius 2 is 1.89 bits per heavy atom. The molecule has 2 aromatic carbocycles. The topological polar surface area (TPSA) is 29.5 Å². The van der Waals surface area contributed by atoms with Crippen molar-refractivity contribution >= 4 is 11.6 Å². The van der Waals surface area contributed by atoms with Gasteiger partial charge in [0.05, 0.1) is 6.10 Å². The number of hydrogen-bond donors (Lipinski definition) is 1. The van der Waals surface area contributed by atoms with Crippen LogP contribution in [0.2, 0.25) is 5.02 Å². The molecule has 1 N–H and O–H groups in total. The molecule has 0 aliphatic heterocycles. The quantitative estimate of drug-likeness (QED) is 0.909. The van der Waals surface area contributed by atoms with Gasteiger partial charge in [-0.3, -0.25) is 0 Å². The van der Waals surface area contributed by atoms with Crippen molar-refractivity contribution in [1.29, 1.82) is 0 Å². The van der Waals surface area contributed by atoms with Crippen LogP contribution in [-0.2, 0) is 6.42 Å². The van der Waals surface area contributed by atoms with Crippen LogP contribution in [0.3, 0.4) is 0 Å². The largest absolute Gasteiger partial charge is 0.491 e. The summed E-state index contributed by atoms with van der Waals surface area (Å²) in [5, 5.41) is 10.5. The molecule has 2 rings (SSSR count). The van der Waals surface area contributed by atoms with Gasteiger partial charge in [0.2, 0.25) is 0 Å². The summed E-state index contributed by atoms with van der Waals surface area (Å²) in [5.74, 6) is 0.339. The van der Waals surface area contributed by atoms with E-state index in [0.717, 1.165) is 5.56 Å². The van der Waals surface area contributed by atoms with Gasteiger partial charge >= 0.3 is 0 Å². The van der Waals surface area contributed by atoms with Crippen LogP contribution in [0.25, 0.3) is 0 Å². The van der Waals surface area contributed by atoms with Crippen LogP contribution in [0.4, 0.5) is 4.39 Å². The third kappa shape index (κ3) is 4.54. The molecular formula is C15H14ClFO2. The molecule has 0 bridgehead atoms. The second kappa shape index (κ2) is 6.55. The summed E-state index contributed by atoms with van der Waals surface area (Å²) in [6.45, 7) is 0.151. The molecule has 0 amide bonds. The van der Waals surface area contributed by atoms with Gasteiger partial charge in [0.1, 0.15) is 18.2 Å². The van der Waals surface area contributed by atoms with E-state index in [-0.39, 0.29) is 12.4 Å². The maximum atomic E-state index is 13.0. The summed E-state index contributed by atoms with van der Waals surface area (Å²) >= 11 is 5.76. The fourth-order valence-corrected chi connectivity index (χ4v) is 1.84. The molecule has 1 atom stereocenters. The van der Waals surface area contributed by atoms with Gasteiger partial charge in [0.15, 0.2) is 0 Å². The van der Waals surface area contributed by atoms with Gasteiger partial charge in [0, 0.05) is 11.4 Å². The fourth-order valence-electron chi connectivity index (χ4n) is 1.72. The number of rotatable bonds is 5. The van der Waals surface area contributed by atoms with E-state index < -0.39 is 6.10 Å². The number of aliphatic hydroxyl groups excluding tert-OH is 1. The molecule has 0 saturated heterocycles. The summed E-state index contributed by atoms with van der Waals surface area (Å²) in [6, 6.07) is 13.1. The van der Waals surface area contributed by atoms with E-state index >= 15 is 0 Å². The van der Waals surface area contributed by atoms with Gasteiger partial charge in [-0.2, -0.15) is 0 Å². The molecule has 0 aliphatic rings. The van der Waals surface area contributed by atoms with Gasteiger partial charge in [-0.1, -0.05) is 23.7 Å². The number of aliphatic hydroxyl groups is 1. The zero-order valence-corrected chi connectivity index (χ0v) is 11.0. The summed E-state index contributed by atoms with van der Waals surface area (Å²) in [4.78, 5) is 0. The number of benzene rings is 2. The zero-order valence-electron chi connectivity index (χ0n) is 10.2. The number of halogens is 2. The zero-order chi connectivity index (χ0) is 13.7. The highest BCUT2D eigenvalue weighted by atomic mass is 35.5. The van der Waals surface area contributed by atoms with Crippen LogP contribution in [0, 0.1) is 5.82 Å². The van der Waals surface area contributed by atoms with E-state index in [1.807, 2.05) is 0 Å². The molecule has 1 unspecified atom stereocenters. The van der Waals surface area contributed by atoms with Gasteiger partial charge in [-0.15, -0.1) is 0 Å². The molecule has 0 saturated carbocycles. The molecule has 19 heavy (non-hydrogen) atoms. The second-order valence-corrected chi connectivity index (χ2v) is 4.69. The summed E-state index contributed by atoms with van der Waals surface area (Å²) in [7, 11) is 0. The minimum Gasteiger partial charge on any atom is -0.491 e. The highest BCUT2D eigenvalue weighted by molar-refractivity contribution is 6.30. The van der Waals surface area contributed by atoms with Gasteiger partial charge in [0.25, 0.3) is 0 Å². The average molecular weight is 281 g/mol. The number of hydrogen-bond acceptors (Lipinski definition) is 2. The van der Waals surface area contributed by atoms with Crippen molar-refractivity contribution in [2.45, 2.75) is 12.5 Å². The van der Waals surface area contributed by atoms with E-state index in [2.05, 4.69) is 0 Å². The highest BCUT2D eigenvalue weighted by Gasteiger charge is 2.07. The van der Waals surface area contributed by atoms with Crippen LogP contribution in [-0.4, -0.2) is 17.8 Å². The molecule has 0 fully saturated rings. The molecular weight excluding hydrogens is 267 g/mol. The fraction of sp³-hybridized carbons (Fsp3) is 0.200. The molecule has 0 heterocycles. The molecule has 100 valence electrons. The van der Waals surface area contributed by atoms with E-state index in [0.29, 0.717) is 17.2 Å². The lowest BCUT2D eigenvalue weighted by molar-refractivity contribution is 0.107. The van der Waals surface area contributed by atoms with Crippen LogP contribution in [0.15, 0.2) is 48.5 Å². The normalized spacial score (nSPS) is 12.2. The van der Waals surface area contributed by atoms with Crippen LogP contribution >= 0.6 is 11.6 Å². The van der Waals surface area contributed by atoms with Crippen molar-refractivity contribution in [2.24, 2.45) is 0 Å². The molecule has 2 aromatic rings. The van der Waals surface area contributed by atoms with Crippen LogP contribution in [0.5, 0.6) is 5.75 Å². The molecule has 0 aliphatic carbocycles. The predicted molar refractivity (Wildman–Crippen MR) is 73.1 cm³/mol. The third-order valence-corrected chi connectivity index (χ3v) is 2.87. The second-order valence-electron chi connectivity index (χ2n) is 4.25. The van der Waals surface area contributed by atoms with Gasteiger partial charge in [-0.05, 0) is 42.0 Å². The Hall–Kier alpha value is -1.58. The predicted octanol–water partition coefficient (Wildman–Crippen LogP) is 3.46. The summed E-state index contributed by atoms with van der Waals surface area (Å²) in [6.07, 6.45) is -0.330. The monoisotopic (exact) mass is 280 g/mol. The Morgan fingerprint density at radius 1 is 1.16 bits per heavy atom. The maximum absolute atomic E-state index is 13.0. The van der Waals surface area contributed by atoms with Gasteiger partial charge < -0.3 is 9.84 Å². The first-order chi connectivity index (χ1) is 9.13. The lowest BCUT2D eigenvalue weighted by atomic mass is 10.1. The van der Waals surface area contributed by atoms with Crippen molar-refractivity contribution in [2.75, 3.05) is 6.61 Å². The van der Waals surface area contributed by atoms with Crippen molar-refractivity contribution in [3.63, 3.8) is 0 Å². The summed E-state index contributed by atoms with van der Waals surface area (Å²) < 4.78 is 18.4. The Bertz CT molecular complexity index is 528. The average Bonchev–Trinajstić information content (AvgIpc) is 2.38.